The van der Waals surface area contributed by atoms with Crippen molar-refractivity contribution in [1.82, 2.24) is 5.43 Å². The normalized spacial score (nSPS) is 13.9. The maximum absolute atomic E-state index is 10.6. The Kier molecular flexibility index (Phi) is 3.54. The first-order chi connectivity index (χ1) is 4.88. The van der Waals surface area contributed by atoms with Gasteiger partial charge in [0.15, 0.2) is 0 Å². The number of hydrazine groups is 1. The third kappa shape index (κ3) is 4.00. The molecule has 4 nitrogen and oxygen atoms in total. The van der Waals surface area contributed by atoms with Crippen LogP contribution in [0.3, 0.4) is 0 Å². The van der Waals surface area contributed by atoms with Crippen molar-refractivity contribution in [3.8, 4) is 0 Å². The van der Waals surface area contributed by atoms with E-state index in [0.717, 1.165) is 0 Å². The molecule has 0 saturated heterocycles. The van der Waals surface area contributed by atoms with E-state index in [1.165, 1.54) is 0 Å². The zero-order valence-electron chi connectivity index (χ0n) is 7.47. The Bertz CT molecular complexity index is 144. The first kappa shape index (κ1) is 10.4. The second-order valence-electron chi connectivity index (χ2n) is 3.56. The molecule has 1 unspecified atom stereocenters. The number of nitrogens with two attached hydrogens (primary N) is 1. The minimum atomic E-state index is -1.38. The largest absolute Gasteiger partial charge is 0.449 e. The molecule has 1 amide bonds. The summed E-state index contributed by atoms with van der Waals surface area (Å²) < 4.78 is 4.95. The highest BCUT2D eigenvalue weighted by Gasteiger charge is 2.25. The van der Waals surface area contributed by atoms with Gasteiger partial charge in [0.05, 0.1) is 13.8 Å². The van der Waals surface area contributed by atoms with Gasteiger partial charge >= 0.3 is 6.09 Å². The highest BCUT2D eigenvalue weighted by atomic mass is 28.3. The maximum Gasteiger partial charge on any atom is 0.421 e. The zero-order valence-corrected chi connectivity index (χ0v) is 8.47. The minimum Gasteiger partial charge on any atom is -0.449 e. The third-order valence-corrected chi connectivity index (χ3v) is 4.18. The molecule has 0 rings (SSSR count). The smallest absolute Gasteiger partial charge is 0.421 e. The van der Waals surface area contributed by atoms with E-state index in [-0.39, 0.29) is 5.73 Å². The van der Waals surface area contributed by atoms with Crippen LogP contribution in [0.25, 0.3) is 0 Å². The Morgan fingerprint density at radius 1 is 1.55 bits per heavy atom. The van der Waals surface area contributed by atoms with Crippen LogP contribution in [-0.2, 0) is 4.74 Å². The molecule has 0 spiro atoms. The van der Waals surface area contributed by atoms with E-state index in [4.69, 9.17) is 10.6 Å². The number of hydrogen-bond donors (Lipinski definition) is 2. The Hall–Kier alpha value is -0.553. The lowest BCUT2D eigenvalue weighted by atomic mass is 10.8. The Labute approximate surface area is 68.1 Å². The van der Waals surface area contributed by atoms with Crippen molar-refractivity contribution in [1.29, 1.82) is 0 Å². The summed E-state index contributed by atoms with van der Waals surface area (Å²) in [5, 5.41) is 0. The van der Waals surface area contributed by atoms with Gasteiger partial charge in [-0.05, 0) is 6.92 Å². The zero-order chi connectivity index (χ0) is 9.07. The van der Waals surface area contributed by atoms with E-state index in [9.17, 15) is 4.79 Å². The molecule has 5 heteroatoms. The van der Waals surface area contributed by atoms with Crippen LogP contribution in [0.2, 0.25) is 19.6 Å². The van der Waals surface area contributed by atoms with E-state index in [0.29, 0.717) is 0 Å². The summed E-state index contributed by atoms with van der Waals surface area (Å²) in [6, 6.07) is 0. The van der Waals surface area contributed by atoms with E-state index in [2.05, 4.69) is 19.6 Å². The number of carbonyl (C=O) groups is 1. The summed E-state index contributed by atoms with van der Waals surface area (Å²) in [5.41, 5.74) is 1.92. The van der Waals surface area contributed by atoms with Crippen LogP contribution in [0.15, 0.2) is 0 Å². The van der Waals surface area contributed by atoms with Gasteiger partial charge in [-0.15, -0.1) is 0 Å². The second kappa shape index (κ2) is 3.73. The highest BCUT2D eigenvalue weighted by Crippen LogP contribution is 2.10. The molecule has 0 aromatic carbocycles. The van der Waals surface area contributed by atoms with E-state index < -0.39 is 14.2 Å². The molecule has 1 atom stereocenters. The SMILES string of the molecule is CC(OC(=O)NN)[Si](C)(C)C. The van der Waals surface area contributed by atoms with Crippen LogP contribution in [-0.4, -0.2) is 19.9 Å². The average molecular weight is 176 g/mol. The number of ether oxygens (including phenoxy) is 1. The van der Waals surface area contributed by atoms with Crippen LogP contribution in [0.5, 0.6) is 0 Å². The first-order valence-electron chi connectivity index (χ1n) is 3.55. The molecule has 0 aromatic rings. The lowest BCUT2D eigenvalue weighted by molar-refractivity contribution is 0.135. The van der Waals surface area contributed by atoms with Crippen molar-refractivity contribution in [2.45, 2.75) is 32.3 Å². The molecule has 0 radical (unpaired) electrons. The monoisotopic (exact) mass is 176 g/mol. The van der Waals surface area contributed by atoms with Gasteiger partial charge < -0.3 is 4.74 Å². The van der Waals surface area contributed by atoms with Crippen molar-refractivity contribution >= 4 is 14.2 Å². The van der Waals surface area contributed by atoms with Gasteiger partial charge in [0, 0.05) is 0 Å². The maximum atomic E-state index is 10.6. The second-order valence-corrected chi connectivity index (χ2v) is 9.10. The fraction of sp³-hybridized carbons (Fsp3) is 0.833. The molecular weight excluding hydrogens is 160 g/mol. The number of rotatable bonds is 2. The van der Waals surface area contributed by atoms with Crippen LogP contribution in [0.4, 0.5) is 4.79 Å². The van der Waals surface area contributed by atoms with E-state index in [1.54, 1.807) is 0 Å². The van der Waals surface area contributed by atoms with Crippen molar-refractivity contribution in [2.75, 3.05) is 0 Å². The number of nitrogens with one attached hydrogen (secondary N) is 1. The van der Waals surface area contributed by atoms with Gasteiger partial charge in [-0.3, -0.25) is 5.43 Å². The van der Waals surface area contributed by atoms with Crippen LogP contribution >= 0.6 is 0 Å². The molecule has 3 N–H and O–H groups in total. The molecule has 0 saturated carbocycles. The van der Waals surface area contributed by atoms with Crippen LogP contribution in [0.1, 0.15) is 6.92 Å². The number of hydrogen-bond acceptors (Lipinski definition) is 3. The molecule has 0 aliphatic carbocycles. The van der Waals surface area contributed by atoms with Gasteiger partial charge in [0.25, 0.3) is 0 Å². The average Bonchev–Trinajstić information content (AvgIpc) is 1.85. The van der Waals surface area contributed by atoms with Gasteiger partial charge in [-0.25, -0.2) is 10.6 Å². The molecule has 0 fully saturated rings. The predicted octanol–water partition coefficient (Wildman–Crippen LogP) is 0.852. The summed E-state index contributed by atoms with van der Waals surface area (Å²) >= 11 is 0. The highest BCUT2D eigenvalue weighted by molar-refractivity contribution is 6.77. The van der Waals surface area contributed by atoms with Crippen molar-refractivity contribution in [3.05, 3.63) is 0 Å². The lowest BCUT2D eigenvalue weighted by Gasteiger charge is -2.24. The van der Waals surface area contributed by atoms with Gasteiger partial charge in [0.1, 0.15) is 0 Å². The Morgan fingerprint density at radius 3 is 2.27 bits per heavy atom. The Morgan fingerprint density at radius 2 is 2.00 bits per heavy atom. The lowest BCUT2D eigenvalue weighted by Crippen LogP contribution is -2.43. The molecule has 0 aliphatic rings. The van der Waals surface area contributed by atoms with E-state index in [1.807, 2.05) is 12.3 Å². The molecule has 11 heavy (non-hydrogen) atoms. The number of carbonyl (C=O) groups excluding carboxylic acids is 1. The molecule has 0 aliphatic heterocycles. The summed E-state index contributed by atoms with van der Waals surface area (Å²) in [7, 11) is -1.38. The summed E-state index contributed by atoms with van der Waals surface area (Å²) in [6.07, 6.45) is -0.556. The van der Waals surface area contributed by atoms with Crippen LogP contribution < -0.4 is 11.3 Å². The molecule has 0 aromatic heterocycles. The van der Waals surface area contributed by atoms with Crippen molar-refractivity contribution in [2.24, 2.45) is 5.84 Å². The third-order valence-electron chi connectivity index (χ3n) is 1.62. The van der Waals surface area contributed by atoms with E-state index >= 15 is 0 Å². The van der Waals surface area contributed by atoms with Gasteiger partial charge in [0.2, 0.25) is 0 Å². The quantitative estimate of drug-likeness (QED) is 0.284. The fourth-order valence-electron chi connectivity index (χ4n) is 0.371. The summed E-state index contributed by atoms with van der Waals surface area (Å²) in [4.78, 5) is 10.6. The van der Waals surface area contributed by atoms with Crippen molar-refractivity contribution in [3.63, 3.8) is 0 Å². The van der Waals surface area contributed by atoms with Crippen molar-refractivity contribution < 1.29 is 9.53 Å². The summed E-state index contributed by atoms with van der Waals surface area (Å²) in [5.74, 6) is 4.85. The van der Waals surface area contributed by atoms with Crippen LogP contribution in [0, 0.1) is 0 Å². The summed E-state index contributed by atoms with van der Waals surface area (Å²) in [6.45, 7) is 8.27. The molecule has 66 valence electrons. The van der Waals surface area contributed by atoms with Gasteiger partial charge in [-0.1, -0.05) is 19.6 Å². The number of amides is 1. The topological polar surface area (TPSA) is 64.3 Å². The molecule has 0 bridgehead atoms. The first-order valence-corrected chi connectivity index (χ1v) is 7.13. The molecular formula is C6H16N2O2Si. The Balaban J connectivity index is 3.87. The molecule has 0 heterocycles. The fourth-order valence-corrected chi connectivity index (χ4v) is 0.832. The minimum absolute atomic E-state index is 0.00829. The van der Waals surface area contributed by atoms with Gasteiger partial charge in [-0.2, -0.15) is 0 Å². The standard InChI is InChI=1S/C6H16N2O2Si/c1-5(11(2,3)4)10-6(9)8-7/h5H,7H2,1-4H3,(H,8,9). The predicted molar refractivity (Wildman–Crippen MR) is 46.6 cm³/mol.